The first-order chi connectivity index (χ1) is 16.5. The molecule has 9 heteroatoms. The minimum absolute atomic E-state index is 0.169. The minimum Gasteiger partial charge on any atom is -0.497 e. The topological polar surface area (TPSA) is 101 Å². The van der Waals surface area contributed by atoms with Crippen LogP contribution in [-0.2, 0) is 4.74 Å². The maximum atomic E-state index is 13.0. The molecule has 3 rings (SSSR count). The predicted octanol–water partition coefficient (Wildman–Crippen LogP) is 4.10. The van der Waals surface area contributed by atoms with Crippen molar-refractivity contribution in [2.75, 3.05) is 63.1 Å². The molecule has 34 heavy (non-hydrogen) atoms. The summed E-state index contributed by atoms with van der Waals surface area (Å²) in [5.41, 5.74) is 2.44. The van der Waals surface area contributed by atoms with E-state index in [0.29, 0.717) is 41.6 Å². The van der Waals surface area contributed by atoms with Gasteiger partial charge in [-0.25, -0.2) is 4.79 Å². The lowest BCUT2D eigenvalue weighted by molar-refractivity contribution is 0.0949. The van der Waals surface area contributed by atoms with Gasteiger partial charge in [-0.1, -0.05) is 0 Å². The van der Waals surface area contributed by atoms with Gasteiger partial charge in [-0.15, -0.1) is 0 Å². The Hall–Kier alpha value is -3.46. The Labute approximate surface area is 200 Å². The quantitative estimate of drug-likeness (QED) is 0.452. The maximum Gasteiger partial charge on any atom is 0.323 e. The second-order valence-corrected chi connectivity index (χ2v) is 8.03. The number of carbonyl (C=O) groups is 2. The van der Waals surface area contributed by atoms with Crippen molar-refractivity contribution in [3.05, 3.63) is 42.0 Å². The van der Waals surface area contributed by atoms with E-state index < -0.39 is 6.03 Å². The van der Waals surface area contributed by atoms with Crippen molar-refractivity contribution in [1.29, 1.82) is 0 Å². The van der Waals surface area contributed by atoms with E-state index in [9.17, 15) is 9.59 Å². The fourth-order valence-corrected chi connectivity index (χ4v) is 3.91. The summed E-state index contributed by atoms with van der Waals surface area (Å²) in [6.07, 6.45) is 4.12. The summed E-state index contributed by atoms with van der Waals surface area (Å²) in [4.78, 5) is 27.9. The molecule has 184 valence electrons. The van der Waals surface area contributed by atoms with E-state index >= 15 is 0 Å². The predicted molar refractivity (Wildman–Crippen MR) is 134 cm³/mol. The van der Waals surface area contributed by atoms with Gasteiger partial charge < -0.3 is 35.1 Å². The largest absolute Gasteiger partial charge is 0.497 e. The Morgan fingerprint density at radius 2 is 1.74 bits per heavy atom. The number of nitrogens with zero attached hydrogens (tertiary/aromatic N) is 1. The van der Waals surface area contributed by atoms with E-state index in [0.717, 1.165) is 38.0 Å². The van der Waals surface area contributed by atoms with Crippen molar-refractivity contribution in [2.24, 2.45) is 0 Å². The fraction of sp³-hybridized carbons (Fsp3) is 0.440. The SMILES string of the molecule is COCCCNC(=O)c1cc(NC(=O)Nc2ccc(OC)cc2OC)ccc1N1CCCCC1. The van der Waals surface area contributed by atoms with Crippen LogP contribution in [0.25, 0.3) is 0 Å². The molecule has 2 aromatic rings. The number of ether oxygens (including phenoxy) is 3. The molecule has 0 unspecified atom stereocenters. The summed E-state index contributed by atoms with van der Waals surface area (Å²) in [5, 5.41) is 8.55. The molecule has 0 atom stereocenters. The third-order valence-electron chi connectivity index (χ3n) is 5.66. The number of hydrogen-bond donors (Lipinski definition) is 3. The van der Waals surface area contributed by atoms with Gasteiger partial charge in [0, 0.05) is 50.8 Å². The average Bonchev–Trinajstić information content (AvgIpc) is 2.87. The normalized spacial score (nSPS) is 13.2. The van der Waals surface area contributed by atoms with Gasteiger partial charge in [0.1, 0.15) is 11.5 Å². The van der Waals surface area contributed by atoms with E-state index in [-0.39, 0.29) is 5.91 Å². The Bertz CT molecular complexity index is 976. The number of benzene rings is 2. The number of nitrogens with one attached hydrogen (secondary N) is 3. The molecule has 1 saturated heterocycles. The van der Waals surface area contributed by atoms with Crippen LogP contribution in [0.4, 0.5) is 21.9 Å². The highest BCUT2D eigenvalue weighted by molar-refractivity contribution is 6.04. The van der Waals surface area contributed by atoms with Gasteiger partial charge in [0.25, 0.3) is 5.91 Å². The molecule has 3 amide bonds. The molecule has 1 fully saturated rings. The van der Waals surface area contributed by atoms with Crippen LogP contribution in [-0.4, -0.2) is 59.5 Å². The van der Waals surface area contributed by atoms with Crippen molar-refractivity contribution in [1.82, 2.24) is 5.32 Å². The van der Waals surface area contributed by atoms with Gasteiger partial charge >= 0.3 is 6.03 Å². The fourth-order valence-electron chi connectivity index (χ4n) is 3.91. The van der Waals surface area contributed by atoms with E-state index in [1.165, 1.54) is 13.5 Å². The summed E-state index contributed by atoms with van der Waals surface area (Å²) >= 11 is 0. The lowest BCUT2D eigenvalue weighted by Gasteiger charge is -2.30. The Balaban J connectivity index is 1.76. The summed E-state index contributed by atoms with van der Waals surface area (Å²) in [6, 6.07) is 10.1. The molecule has 1 heterocycles. The molecule has 0 spiro atoms. The molecule has 9 nitrogen and oxygen atoms in total. The maximum absolute atomic E-state index is 13.0. The number of urea groups is 1. The monoisotopic (exact) mass is 470 g/mol. The van der Waals surface area contributed by atoms with E-state index in [1.54, 1.807) is 38.5 Å². The van der Waals surface area contributed by atoms with Crippen LogP contribution in [0.1, 0.15) is 36.0 Å². The zero-order valence-corrected chi connectivity index (χ0v) is 20.1. The first-order valence-corrected chi connectivity index (χ1v) is 11.5. The van der Waals surface area contributed by atoms with Gasteiger partial charge in [0.2, 0.25) is 0 Å². The van der Waals surface area contributed by atoms with Gasteiger partial charge in [-0.05, 0) is 56.0 Å². The smallest absolute Gasteiger partial charge is 0.323 e. The zero-order chi connectivity index (χ0) is 24.3. The Kier molecular flexibility index (Phi) is 9.40. The third kappa shape index (κ3) is 6.77. The molecule has 0 saturated carbocycles. The van der Waals surface area contributed by atoms with Gasteiger partial charge in [-0.3, -0.25) is 4.79 Å². The highest BCUT2D eigenvalue weighted by atomic mass is 16.5. The van der Waals surface area contributed by atoms with Crippen LogP contribution in [0.3, 0.4) is 0 Å². The van der Waals surface area contributed by atoms with Crippen LogP contribution < -0.4 is 30.3 Å². The van der Waals surface area contributed by atoms with Crippen molar-refractivity contribution in [2.45, 2.75) is 25.7 Å². The molecule has 1 aliphatic rings. The molecular formula is C25H34N4O5. The number of hydrogen-bond acceptors (Lipinski definition) is 6. The molecule has 0 aromatic heterocycles. The Morgan fingerprint density at radius 3 is 2.44 bits per heavy atom. The van der Waals surface area contributed by atoms with Crippen molar-refractivity contribution in [3.63, 3.8) is 0 Å². The van der Waals surface area contributed by atoms with Crippen molar-refractivity contribution in [3.8, 4) is 11.5 Å². The van der Waals surface area contributed by atoms with Crippen LogP contribution >= 0.6 is 0 Å². The first-order valence-electron chi connectivity index (χ1n) is 11.5. The van der Waals surface area contributed by atoms with Crippen molar-refractivity contribution < 1.29 is 23.8 Å². The van der Waals surface area contributed by atoms with Crippen LogP contribution in [0.2, 0.25) is 0 Å². The first kappa shape index (κ1) is 25.2. The van der Waals surface area contributed by atoms with Crippen LogP contribution in [0.5, 0.6) is 11.5 Å². The summed E-state index contributed by atoms with van der Waals surface area (Å²) in [7, 11) is 4.72. The number of piperidine rings is 1. The van der Waals surface area contributed by atoms with Crippen LogP contribution in [0, 0.1) is 0 Å². The van der Waals surface area contributed by atoms with Gasteiger partial charge in [0.05, 0.1) is 25.5 Å². The van der Waals surface area contributed by atoms with Crippen molar-refractivity contribution >= 4 is 29.0 Å². The minimum atomic E-state index is -0.444. The summed E-state index contributed by atoms with van der Waals surface area (Å²) in [5.74, 6) is 0.931. The molecule has 2 aromatic carbocycles. The molecule has 0 radical (unpaired) electrons. The number of anilines is 3. The van der Waals surface area contributed by atoms with E-state index in [2.05, 4.69) is 20.9 Å². The Morgan fingerprint density at radius 1 is 0.941 bits per heavy atom. The van der Waals surface area contributed by atoms with E-state index in [4.69, 9.17) is 14.2 Å². The second-order valence-electron chi connectivity index (χ2n) is 8.03. The lowest BCUT2D eigenvalue weighted by atomic mass is 10.1. The highest BCUT2D eigenvalue weighted by Crippen LogP contribution is 2.30. The van der Waals surface area contributed by atoms with Gasteiger partial charge in [-0.2, -0.15) is 0 Å². The lowest BCUT2D eigenvalue weighted by Crippen LogP contribution is -2.33. The third-order valence-corrected chi connectivity index (χ3v) is 5.66. The summed E-state index contributed by atoms with van der Waals surface area (Å²) < 4.78 is 15.6. The highest BCUT2D eigenvalue weighted by Gasteiger charge is 2.20. The van der Waals surface area contributed by atoms with E-state index in [1.807, 2.05) is 12.1 Å². The average molecular weight is 471 g/mol. The van der Waals surface area contributed by atoms with Gasteiger partial charge in [0.15, 0.2) is 0 Å². The number of rotatable bonds is 10. The standard InChI is InChI=1S/C25H34N4O5/c1-32-15-7-12-26-24(30)20-16-18(8-11-22(20)29-13-5-4-6-14-29)27-25(31)28-21-10-9-19(33-2)17-23(21)34-3/h8-11,16-17H,4-7,12-15H2,1-3H3,(H,26,30)(H2,27,28,31). The van der Waals surface area contributed by atoms with Crippen LogP contribution in [0.15, 0.2) is 36.4 Å². The molecular weight excluding hydrogens is 436 g/mol. The number of amides is 3. The molecule has 0 aliphatic carbocycles. The number of carbonyl (C=O) groups excluding carboxylic acids is 2. The number of methoxy groups -OCH3 is 3. The zero-order valence-electron chi connectivity index (χ0n) is 20.1. The second kappa shape index (κ2) is 12.7. The molecule has 3 N–H and O–H groups in total. The molecule has 0 bridgehead atoms. The molecule has 1 aliphatic heterocycles. The summed E-state index contributed by atoms with van der Waals surface area (Å²) in [6.45, 7) is 2.92.